The highest BCUT2D eigenvalue weighted by Crippen LogP contribution is 2.33. The van der Waals surface area contributed by atoms with E-state index < -0.39 is 0 Å². The molecule has 126 valence electrons. The first-order chi connectivity index (χ1) is 11.6. The zero-order chi connectivity index (χ0) is 16.7. The van der Waals surface area contributed by atoms with E-state index in [0.29, 0.717) is 38.0 Å². The van der Waals surface area contributed by atoms with Crippen molar-refractivity contribution in [3.05, 3.63) is 23.8 Å². The van der Waals surface area contributed by atoms with Gasteiger partial charge in [-0.15, -0.1) is 0 Å². The summed E-state index contributed by atoms with van der Waals surface area (Å²) in [4.78, 5) is 33.1. The summed E-state index contributed by atoms with van der Waals surface area (Å²) >= 11 is 1.51. The van der Waals surface area contributed by atoms with Crippen LogP contribution in [0.2, 0.25) is 0 Å². The van der Waals surface area contributed by atoms with Crippen LogP contribution in [0.3, 0.4) is 0 Å². The minimum atomic E-state index is -0.274. The molecule has 1 aromatic heterocycles. The second kappa shape index (κ2) is 6.14. The highest BCUT2D eigenvalue weighted by atomic mass is 32.1. The molecule has 1 aromatic carbocycles. The molecule has 0 saturated carbocycles. The fraction of sp³-hybridized carbons (Fsp3) is 0.471. The maximum Gasteiger partial charge on any atom is 0.229 e. The number of fused-ring (bicyclic) bond motifs is 1. The molecule has 4 rings (SSSR count). The summed E-state index contributed by atoms with van der Waals surface area (Å²) in [5.74, 6) is -0.229. The van der Waals surface area contributed by atoms with Gasteiger partial charge in [-0.05, 0) is 24.6 Å². The minimum Gasteiger partial charge on any atom is -0.378 e. The molecule has 0 N–H and O–H groups in total. The molecule has 6 nitrogen and oxygen atoms in total. The van der Waals surface area contributed by atoms with Gasteiger partial charge in [0.25, 0.3) is 0 Å². The SMILES string of the molecule is Cc1ccc2nc(N3CC(C(=O)N4CCOCC4)CC3=O)sc2c1. The Kier molecular flexibility index (Phi) is 3.97. The number of hydrogen-bond acceptors (Lipinski definition) is 5. The van der Waals surface area contributed by atoms with Crippen LogP contribution in [0, 0.1) is 12.8 Å². The van der Waals surface area contributed by atoms with Crippen LogP contribution < -0.4 is 4.90 Å². The third kappa shape index (κ3) is 2.78. The molecule has 0 bridgehead atoms. The number of carbonyl (C=O) groups is 2. The van der Waals surface area contributed by atoms with Gasteiger partial charge >= 0.3 is 0 Å². The number of nitrogens with zero attached hydrogens (tertiary/aromatic N) is 3. The van der Waals surface area contributed by atoms with Crippen molar-refractivity contribution in [3.8, 4) is 0 Å². The van der Waals surface area contributed by atoms with E-state index in [1.807, 2.05) is 24.0 Å². The third-order valence-corrected chi connectivity index (χ3v) is 5.60. The van der Waals surface area contributed by atoms with Gasteiger partial charge in [-0.1, -0.05) is 17.4 Å². The topological polar surface area (TPSA) is 62.7 Å². The van der Waals surface area contributed by atoms with Crippen LogP contribution in [0.1, 0.15) is 12.0 Å². The predicted molar refractivity (Wildman–Crippen MR) is 92.2 cm³/mol. The number of benzene rings is 1. The van der Waals surface area contributed by atoms with Crippen molar-refractivity contribution in [2.24, 2.45) is 5.92 Å². The largest absolute Gasteiger partial charge is 0.378 e. The standard InChI is InChI=1S/C17H19N3O3S/c1-11-2-3-13-14(8-11)24-17(18-13)20-10-12(9-15(20)21)16(22)19-4-6-23-7-5-19/h2-3,8,12H,4-7,9-10H2,1H3. The van der Waals surface area contributed by atoms with Gasteiger partial charge < -0.3 is 9.64 Å². The van der Waals surface area contributed by atoms with E-state index in [4.69, 9.17) is 4.74 Å². The number of carbonyl (C=O) groups excluding carboxylic acids is 2. The lowest BCUT2D eigenvalue weighted by molar-refractivity contribution is -0.139. The van der Waals surface area contributed by atoms with E-state index in [0.717, 1.165) is 10.2 Å². The zero-order valence-electron chi connectivity index (χ0n) is 13.5. The van der Waals surface area contributed by atoms with Crippen LogP contribution in [-0.2, 0) is 14.3 Å². The average molecular weight is 345 g/mol. The van der Waals surface area contributed by atoms with Gasteiger partial charge in [0.15, 0.2) is 5.13 Å². The van der Waals surface area contributed by atoms with Crippen LogP contribution in [0.15, 0.2) is 18.2 Å². The summed E-state index contributed by atoms with van der Waals surface area (Å²) in [6.45, 7) is 4.85. The summed E-state index contributed by atoms with van der Waals surface area (Å²) in [6, 6.07) is 6.07. The Morgan fingerprint density at radius 2 is 2.12 bits per heavy atom. The Morgan fingerprint density at radius 3 is 2.92 bits per heavy atom. The number of morpholine rings is 1. The first-order valence-corrected chi connectivity index (χ1v) is 8.97. The molecular formula is C17H19N3O3S. The van der Waals surface area contributed by atoms with E-state index in [-0.39, 0.29) is 24.2 Å². The first kappa shape index (κ1) is 15.5. The molecule has 2 aliphatic rings. The highest BCUT2D eigenvalue weighted by Gasteiger charge is 2.38. The predicted octanol–water partition coefficient (Wildman–Crippen LogP) is 1.82. The van der Waals surface area contributed by atoms with Gasteiger partial charge in [-0.2, -0.15) is 0 Å². The molecule has 1 atom stereocenters. The fourth-order valence-electron chi connectivity index (χ4n) is 3.23. The van der Waals surface area contributed by atoms with Crippen LogP contribution in [0.4, 0.5) is 5.13 Å². The highest BCUT2D eigenvalue weighted by molar-refractivity contribution is 7.22. The second-order valence-electron chi connectivity index (χ2n) is 6.31. The van der Waals surface area contributed by atoms with E-state index in [1.54, 1.807) is 4.90 Å². The fourth-order valence-corrected chi connectivity index (χ4v) is 4.33. The molecule has 2 fully saturated rings. The minimum absolute atomic E-state index is 0.0163. The molecule has 0 spiro atoms. The van der Waals surface area contributed by atoms with Crippen molar-refractivity contribution in [1.29, 1.82) is 0 Å². The quantitative estimate of drug-likeness (QED) is 0.833. The number of aryl methyl sites for hydroxylation is 1. The lowest BCUT2D eigenvalue weighted by Crippen LogP contribution is -2.44. The number of hydrogen-bond donors (Lipinski definition) is 0. The molecule has 1 unspecified atom stereocenters. The Labute approximate surface area is 144 Å². The van der Waals surface area contributed by atoms with Crippen molar-refractivity contribution < 1.29 is 14.3 Å². The van der Waals surface area contributed by atoms with E-state index in [1.165, 1.54) is 16.9 Å². The molecule has 7 heteroatoms. The molecule has 2 saturated heterocycles. The Hall–Kier alpha value is -1.99. The summed E-state index contributed by atoms with van der Waals surface area (Å²) in [5, 5.41) is 0.692. The van der Waals surface area contributed by atoms with Gasteiger partial charge in [0.2, 0.25) is 11.8 Å². The molecule has 2 aliphatic heterocycles. The number of anilines is 1. The first-order valence-electron chi connectivity index (χ1n) is 8.16. The maximum absolute atomic E-state index is 12.6. The van der Waals surface area contributed by atoms with Crippen molar-refractivity contribution >= 4 is 38.5 Å². The summed E-state index contributed by atoms with van der Waals surface area (Å²) < 4.78 is 6.36. The van der Waals surface area contributed by atoms with Crippen LogP contribution in [0.25, 0.3) is 10.2 Å². The molecule has 0 radical (unpaired) electrons. The molecule has 2 aromatic rings. The van der Waals surface area contributed by atoms with Crippen LogP contribution >= 0.6 is 11.3 Å². The molecular weight excluding hydrogens is 326 g/mol. The second-order valence-corrected chi connectivity index (χ2v) is 7.32. The summed E-state index contributed by atoms with van der Waals surface area (Å²) in [6.07, 6.45) is 0.269. The van der Waals surface area contributed by atoms with Crippen LogP contribution in [0.5, 0.6) is 0 Å². The van der Waals surface area contributed by atoms with E-state index >= 15 is 0 Å². The number of rotatable bonds is 2. The van der Waals surface area contributed by atoms with Gasteiger partial charge in [0.1, 0.15) is 0 Å². The number of ether oxygens (including phenoxy) is 1. The lowest BCUT2D eigenvalue weighted by atomic mass is 10.1. The summed E-state index contributed by atoms with van der Waals surface area (Å²) in [5.41, 5.74) is 2.07. The smallest absolute Gasteiger partial charge is 0.229 e. The number of amides is 2. The van der Waals surface area contributed by atoms with Gasteiger partial charge in [-0.3, -0.25) is 14.5 Å². The van der Waals surface area contributed by atoms with Gasteiger partial charge in [-0.25, -0.2) is 4.98 Å². The lowest BCUT2D eigenvalue weighted by Gasteiger charge is -2.28. The number of aromatic nitrogens is 1. The average Bonchev–Trinajstić information content (AvgIpc) is 3.17. The van der Waals surface area contributed by atoms with Crippen molar-refractivity contribution in [3.63, 3.8) is 0 Å². The third-order valence-electron chi connectivity index (χ3n) is 4.56. The van der Waals surface area contributed by atoms with Gasteiger partial charge in [0.05, 0.1) is 29.3 Å². The zero-order valence-corrected chi connectivity index (χ0v) is 14.3. The Balaban J connectivity index is 1.53. The molecule has 2 amide bonds. The van der Waals surface area contributed by atoms with Crippen molar-refractivity contribution in [2.45, 2.75) is 13.3 Å². The summed E-state index contributed by atoms with van der Waals surface area (Å²) in [7, 11) is 0. The molecule has 0 aliphatic carbocycles. The normalized spacial score (nSPS) is 21.7. The number of thiazole rings is 1. The Morgan fingerprint density at radius 1 is 1.33 bits per heavy atom. The van der Waals surface area contributed by atoms with Crippen LogP contribution in [-0.4, -0.2) is 54.5 Å². The molecule has 24 heavy (non-hydrogen) atoms. The van der Waals surface area contributed by atoms with E-state index in [9.17, 15) is 9.59 Å². The molecule has 3 heterocycles. The monoisotopic (exact) mass is 345 g/mol. The van der Waals surface area contributed by atoms with Gasteiger partial charge in [0, 0.05) is 26.1 Å². The van der Waals surface area contributed by atoms with Crippen molar-refractivity contribution in [2.75, 3.05) is 37.7 Å². The Bertz CT molecular complexity index is 797. The van der Waals surface area contributed by atoms with Crippen molar-refractivity contribution in [1.82, 2.24) is 9.88 Å². The maximum atomic E-state index is 12.6. The van der Waals surface area contributed by atoms with E-state index in [2.05, 4.69) is 11.1 Å².